The van der Waals surface area contributed by atoms with E-state index < -0.39 is 0 Å². The molecule has 1 N–H and O–H groups in total. The number of morpholine rings is 1. The average molecular weight is 305 g/mol. The zero-order valence-electron chi connectivity index (χ0n) is 13.4. The predicted octanol–water partition coefficient (Wildman–Crippen LogP) is 3.78. The highest BCUT2D eigenvalue weighted by molar-refractivity contribution is 5.53. The van der Waals surface area contributed by atoms with Crippen molar-refractivity contribution in [2.45, 2.75) is 36.7 Å². The number of rotatable bonds is 2. The summed E-state index contributed by atoms with van der Waals surface area (Å²) in [4.78, 5) is 0. The first-order valence-corrected chi connectivity index (χ1v) is 8.92. The maximum absolute atomic E-state index is 6.03. The number of hydrogen-bond donors (Lipinski definition) is 1. The molecule has 2 aromatic rings. The van der Waals surface area contributed by atoms with Gasteiger partial charge in [-0.15, -0.1) is 0 Å². The molecular weight excluding hydrogens is 282 g/mol. The van der Waals surface area contributed by atoms with Crippen molar-refractivity contribution in [1.82, 2.24) is 5.32 Å². The summed E-state index contributed by atoms with van der Waals surface area (Å²) in [6, 6.07) is 18.3. The lowest BCUT2D eigenvalue weighted by molar-refractivity contribution is 0.0211. The number of nitrogens with one attached hydrogen (secondary N) is 1. The monoisotopic (exact) mass is 305 g/mol. The normalized spacial score (nSPS) is 31.5. The fraction of sp³-hybridized carbons (Fsp3) is 0.429. The average Bonchev–Trinajstić information content (AvgIpc) is 3.41. The largest absolute Gasteiger partial charge is 0.376 e. The lowest BCUT2D eigenvalue weighted by Crippen LogP contribution is -2.39. The fourth-order valence-electron chi connectivity index (χ4n) is 4.67. The van der Waals surface area contributed by atoms with E-state index in [1.54, 1.807) is 22.3 Å². The third-order valence-electron chi connectivity index (χ3n) is 5.84. The predicted molar refractivity (Wildman–Crippen MR) is 92.1 cm³/mol. The maximum Gasteiger partial charge on any atom is 0.0709 e. The Kier molecular flexibility index (Phi) is 3.27. The van der Waals surface area contributed by atoms with Crippen LogP contribution in [-0.2, 0) is 4.74 Å². The molecule has 0 aromatic heterocycles. The molecule has 1 heterocycles. The molecule has 2 fully saturated rings. The second kappa shape index (κ2) is 5.47. The third kappa shape index (κ3) is 2.32. The van der Waals surface area contributed by atoms with Gasteiger partial charge in [0.2, 0.25) is 0 Å². The van der Waals surface area contributed by atoms with Crippen LogP contribution in [-0.4, -0.2) is 25.8 Å². The number of fused-ring (bicyclic) bond motifs is 5. The molecule has 1 saturated carbocycles. The summed E-state index contributed by atoms with van der Waals surface area (Å²) in [6.45, 7) is 2.80. The van der Waals surface area contributed by atoms with Crippen molar-refractivity contribution >= 4 is 0 Å². The third-order valence-corrected chi connectivity index (χ3v) is 5.84. The standard InChI is InChI=1S/C21H23NO/c1-3-7-17-15(5-1)19(11-14-13-22-9-10-23-14)16-6-2-4-8-18(16)21-12-20(17)21/h1-8,14,19-22H,9-13H2. The highest BCUT2D eigenvalue weighted by Crippen LogP contribution is 2.60. The van der Waals surface area contributed by atoms with E-state index in [4.69, 9.17) is 4.74 Å². The fourth-order valence-corrected chi connectivity index (χ4v) is 4.67. The number of hydrogen-bond acceptors (Lipinski definition) is 2. The van der Waals surface area contributed by atoms with Crippen LogP contribution < -0.4 is 5.32 Å². The summed E-state index contributed by atoms with van der Waals surface area (Å²) >= 11 is 0. The van der Waals surface area contributed by atoms with Gasteiger partial charge in [-0.05, 0) is 46.9 Å². The Bertz CT molecular complexity index is 668. The molecular formula is C21H23NO. The Morgan fingerprint density at radius 3 is 2.04 bits per heavy atom. The second-order valence-electron chi connectivity index (χ2n) is 7.19. The molecule has 3 unspecified atom stereocenters. The van der Waals surface area contributed by atoms with Crippen LogP contribution in [0.2, 0.25) is 0 Å². The molecule has 5 rings (SSSR count). The Labute approximate surface area is 137 Å². The van der Waals surface area contributed by atoms with Crippen molar-refractivity contribution in [3.8, 4) is 0 Å². The van der Waals surface area contributed by atoms with E-state index in [2.05, 4.69) is 53.8 Å². The molecule has 118 valence electrons. The van der Waals surface area contributed by atoms with Gasteiger partial charge in [0.05, 0.1) is 12.7 Å². The Morgan fingerprint density at radius 1 is 0.870 bits per heavy atom. The molecule has 2 heteroatoms. The Balaban J connectivity index is 1.59. The van der Waals surface area contributed by atoms with E-state index in [9.17, 15) is 0 Å². The van der Waals surface area contributed by atoms with E-state index in [-0.39, 0.29) is 0 Å². The van der Waals surface area contributed by atoms with Crippen LogP contribution in [0.25, 0.3) is 0 Å². The summed E-state index contributed by atoms with van der Waals surface area (Å²) in [5.74, 6) is 1.95. The minimum Gasteiger partial charge on any atom is -0.376 e. The lowest BCUT2D eigenvalue weighted by Gasteiger charge is -2.29. The Hall–Kier alpha value is -1.64. The van der Waals surface area contributed by atoms with Crippen molar-refractivity contribution < 1.29 is 4.74 Å². The van der Waals surface area contributed by atoms with Crippen molar-refractivity contribution in [2.75, 3.05) is 19.7 Å². The zero-order chi connectivity index (χ0) is 15.2. The summed E-state index contributed by atoms with van der Waals surface area (Å²) in [5.41, 5.74) is 6.25. The summed E-state index contributed by atoms with van der Waals surface area (Å²) in [6.07, 6.45) is 2.73. The SMILES string of the molecule is c1ccc2c(c1)C(CC1CNCCO1)c1ccccc1C1CC21. The van der Waals surface area contributed by atoms with Crippen molar-refractivity contribution in [3.63, 3.8) is 0 Å². The van der Waals surface area contributed by atoms with Gasteiger partial charge < -0.3 is 10.1 Å². The Morgan fingerprint density at radius 2 is 1.48 bits per heavy atom. The topological polar surface area (TPSA) is 21.3 Å². The minimum atomic E-state index is 0.323. The number of benzene rings is 2. The van der Waals surface area contributed by atoms with Gasteiger partial charge in [0.25, 0.3) is 0 Å². The first kappa shape index (κ1) is 13.8. The molecule has 3 atom stereocenters. The van der Waals surface area contributed by atoms with Crippen molar-refractivity contribution in [1.29, 1.82) is 0 Å². The van der Waals surface area contributed by atoms with Gasteiger partial charge in [-0.25, -0.2) is 0 Å². The molecule has 1 aliphatic heterocycles. The van der Waals surface area contributed by atoms with E-state index in [0.29, 0.717) is 12.0 Å². The smallest absolute Gasteiger partial charge is 0.0709 e. The lowest BCUT2D eigenvalue weighted by atomic mass is 9.82. The van der Waals surface area contributed by atoms with Crippen LogP contribution in [0.5, 0.6) is 0 Å². The summed E-state index contributed by atoms with van der Waals surface area (Å²) in [5, 5.41) is 3.48. The molecule has 2 aromatic carbocycles. The van der Waals surface area contributed by atoms with Crippen molar-refractivity contribution in [2.24, 2.45) is 0 Å². The molecule has 2 aliphatic carbocycles. The van der Waals surface area contributed by atoms with E-state index in [1.165, 1.54) is 6.42 Å². The van der Waals surface area contributed by atoms with E-state index >= 15 is 0 Å². The molecule has 0 amide bonds. The van der Waals surface area contributed by atoms with Gasteiger partial charge in [0.1, 0.15) is 0 Å². The first-order chi connectivity index (χ1) is 11.4. The highest BCUT2D eigenvalue weighted by Gasteiger charge is 2.45. The molecule has 3 aliphatic rings. The van der Waals surface area contributed by atoms with Crippen LogP contribution in [0.1, 0.15) is 52.8 Å². The summed E-state index contributed by atoms with van der Waals surface area (Å²) in [7, 11) is 0. The van der Waals surface area contributed by atoms with Gasteiger partial charge in [-0.3, -0.25) is 0 Å². The molecule has 1 saturated heterocycles. The van der Waals surface area contributed by atoms with Crippen LogP contribution in [0.4, 0.5) is 0 Å². The zero-order valence-corrected chi connectivity index (χ0v) is 13.4. The van der Waals surface area contributed by atoms with Crippen LogP contribution in [0, 0.1) is 0 Å². The van der Waals surface area contributed by atoms with Crippen LogP contribution >= 0.6 is 0 Å². The second-order valence-corrected chi connectivity index (χ2v) is 7.19. The molecule has 0 spiro atoms. The van der Waals surface area contributed by atoms with Gasteiger partial charge in [-0.2, -0.15) is 0 Å². The maximum atomic E-state index is 6.03. The minimum absolute atomic E-state index is 0.323. The van der Waals surface area contributed by atoms with Crippen molar-refractivity contribution in [3.05, 3.63) is 70.8 Å². The number of ether oxygens (including phenoxy) is 1. The van der Waals surface area contributed by atoms with E-state index in [0.717, 1.165) is 38.0 Å². The van der Waals surface area contributed by atoms with Gasteiger partial charge in [0.15, 0.2) is 0 Å². The summed E-state index contributed by atoms with van der Waals surface area (Å²) < 4.78 is 6.03. The van der Waals surface area contributed by atoms with Crippen LogP contribution in [0.15, 0.2) is 48.5 Å². The van der Waals surface area contributed by atoms with Gasteiger partial charge >= 0.3 is 0 Å². The van der Waals surface area contributed by atoms with Gasteiger partial charge in [-0.1, -0.05) is 48.5 Å². The molecule has 2 nitrogen and oxygen atoms in total. The quantitative estimate of drug-likeness (QED) is 0.911. The van der Waals surface area contributed by atoms with Crippen LogP contribution in [0.3, 0.4) is 0 Å². The molecule has 0 radical (unpaired) electrons. The van der Waals surface area contributed by atoms with Gasteiger partial charge in [0, 0.05) is 19.0 Å². The molecule has 0 bridgehead atoms. The molecule has 23 heavy (non-hydrogen) atoms. The highest BCUT2D eigenvalue weighted by atomic mass is 16.5. The first-order valence-electron chi connectivity index (χ1n) is 8.92. The van der Waals surface area contributed by atoms with E-state index in [1.807, 2.05) is 0 Å².